The van der Waals surface area contributed by atoms with Crippen molar-refractivity contribution < 1.29 is 5.21 Å². The van der Waals surface area contributed by atoms with Crippen LogP contribution in [0, 0.1) is 0 Å². The van der Waals surface area contributed by atoms with Crippen LogP contribution in [0.3, 0.4) is 0 Å². The molecule has 3 N–H and O–H groups in total. The summed E-state index contributed by atoms with van der Waals surface area (Å²) in [6, 6.07) is 4.27. The standard InChI is InChI=1S/C13H15N5OS/c14-12(17-19)11-3-5-15-16-13(11)18(10-1-2-10)7-9-4-6-20-8-9/h3-6,8,10,19H,1-2,7H2,(H2,14,17). The first-order valence-corrected chi connectivity index (χ1v) is 7.31. The van der Waals surface area contributed by atoms with Crippen LogP contribution in [-0.4, -0.2) is 27.3 Å². The van der Waals surface area contributed by atoms with Crippen molar-refractivity contribution >= 4 is 23.0 Å². The number of nitrogens with zero attached hydrogens (tertiary/aromatic N) is 4. The van der Waals surface area contributed by atoms with E-state index in [4.69, 9.17) is 10.9 Å². The fourth-order valence-corrected chi connectivity index (χ4v) is 2.79. The van der Waals surface area contributed by atoms with Gasteiger partial charge in [-0.3, -0.25) is 0 Å². The van der Waals surface area contributed by atoms with Crippen LogP contribution in [0.1, 0.15) is 24.0 Å². The molecule has 0 unspecified atom stereocenters. The number of aromatic nitrogens is 2. The highest BCUT2D eigenvalue weighted by Gasteiger charge is 2.32. The van der Waals surface area contributed by atoms with Gasteiger partial charge in [0.1, 0.15) is 0 Å². The summed E-state index contributed by atoms with van der Waals surface area (Å²) >= 11 is 1.67. The first kappa shape index (κ1) is 12.9. The number of hydrogen-bond acceptors (Lipinski definition) is 6. The van der Waals surface area contributed by atoms with Gasteiger partial charge in [0.25, 0.3) is 0 Å². The first-order valence-electron chi connectivity index (χ1n) is 6.37. The highest BCUT2D eigenvalue weighted by molar-refractivity contribution is 7.07. The number of rotatable bonds is 5. The molecule has 1 saturated carbocycles. The molecule has 2 aromatic heterocycles. The molecule has 0 spiro atoms. The van der Waals surface area contributed by atoms with Crippen LogP contribution in [0.4, 0.5) is 5.82 Å². The molecule has 0 atom stereocenters. The van der Waals surface area contributed by atoms with E-state index < -0.39 is 0 Å². The topological polar surface area (TPSA) is 87.6 Å². The molecule has 2 heterocycles. The Kier molecular flexibility index (Phi) is 3.51. The van der Waals surface area contributed by atoms with Crippen molar-refractivity contribution in [2.75, 3.05) is 4.90 Å². The van der Waals surface area contributed by atoms with Crippen molar-refractivity contribution in [3.05, 3.63) is 40.2 Å². The van der Waals surface area contributed by atoms with E-state index in [0.717, 1.165) is 19.4 Å². The minimum atomic E-state index is 0.0610. The second-order valence-corrected chi connectivity index (χ2v) is 5.52. The molecule has 7 heteroatoms. The van der Waals surface area contributed by atoms with Gasteiger partial charge >= 0.3 is 0 Å². The number of hydrogen-bond donors (Lipinski definition) is 2. The van der Waals surface area contributed by atoms with Crippen molar-refractivity contribution in [1.29, 1.82) is 0 Å². The Balaban J connectivity index is 1.95. The molecule has 0 saturated heterocycles. The summed E-state index contributed by atoms with van der Waals surface area (Å²) in [5.41, 5.74) is 7.58. The summed E-state index contributed by atoms with van der Waals surface area (Å²) in [5.74, 6) is 0.738. The molecule has 20 heavy (non-hydrogen) atoms. The molecule has 0 radical (unpaired) electrons. The summed E-state index contributed by atoms with van der Waals surface area (Å²) in [6.45, 7) is 0.762. The Bertz CT molecular complexity index is 609. The lowest BCUT2D eigenvalue weighted by Crippen LogP contribution is -2.29. The fourth-order valence-electron chi connectivity index (χ4n) is 2.13. The third kappa shape index (κ3) is 2.57. The summed E-state index contributed by atoms with van der Waals surface area (Å²) in [6.07, 6.45) is 3.82. The van der Waals surface area contributed by atoms with Gasteiger partial charge in [-0.25, -0.2) is 0 Å². The Labute approximate surface area is 120 Å². The molecular weight excluding hydrogens is 274 g/mol. The molecule has 0 aliphatic heterocycles. The lowest BCUT2D eigenvalue weighted by molar-refractivity contribution is 0.318. The largest absolute Gasteiger partial charge is 0.409 e. The number of thiophene rings is 1. The van der Waals surface area contributed by atoms with Crippen LogP contribution >= 0.6 is 11.3 Å². The summed E-state index contributed by atoms with van der Waals surface area (Å²) in [7, 11) is 0. The second kappa shape index (κ2) is 5.46. The van der Waals surface area contributed by atoms with Gasteiger partial charge in [0.2, 0.25) is 0 Å². The van der Waals surface area contributed by atoms with E-state index in [-0.39, 0.29) is 5.84 Å². The predicted molar refractivity (Wildman–Crippen MR) is 78.1 cm³/mol. The van der Waals surface area contributed by atoms with Crippen LogP contribution < -0.4 is 10.6 Å². The van der Waals surface area contributed by atoms with E-state index >= 15 is 0 Å². The summed E-state index contributed by atoms with van der Waals surface area (Å²) in [4.78, 5) is 2.18. The minimum absolute atomic E-state index is 0.0610. The molecule has 1 fully saturated rings. The second-order valence-electron chi connectivity index (χ2n) is 4.74. The fraction of sp³-hybridized carbons (Fsp3) is 0.308. The van der Waals surface area contributed by atoms with Gasteiger partial charge in [0.05, 0.1) is 11.8 Å². The van der Waals surface area contributed by atoms with Gasteiger partial charge in [0.15, 0.2) is 11.7 Å². The summed E-state index contributed by atoms with van der Waals surface area (Å²) < 4.78 is 0. The van der Waals surface area contributed by atoms with Crippen LogP contribution in [0.15, 0.2) is 34.2 Å². The zero-order chi connectivity index (χ0) is 13.9. The third-order valence-electron chi connectivity index (χ3n) is 3.28. The lowest BCUT2D eigenvalue weighted by Gasteiger charge is -2.24. The van der Waals surface area contributed by atoms with Crippen molar-refractivity contribution in [2.45, 2.75) is 25.4 Å². The Hall–Kier alpha value is -2.15. The number of anilines is 1. The zero-order valence-electron chi connectivity index (χ0n) is 10.8. The smallest absolute Gasteiger partial charge is 0.173 e. The lowest BCUT2D eigenvalue weighted by atomic mass is 10.2. The Morgan fingerprint density at radius 3 is 3.00 bits per heavy atom. The van der Waals surface area contributed by atoms with Crippen LogP contribution in [0.5, 0.6) is 0 Å². The predicted octanol–water partition coefficient (Wildman–Crippen LogP) is 1.80. The molecule has 1 aliphatic rings. The molecular formula is C13H15N5OS. The molecule has 0 amide bonds. The monoisotopic (exact) mass is 289 g/mol. The first-order chi connectivity index (χ1) is 9.79. The number of nitrogens with two attached hydrogens (primary N) is 1. The minimum Gasteiger partial charge on any atom is -0.409 e. The van der Waals surface area contributed by atoms with E-state index in [1.807, 2.05) is 0 Å². The number of amidine groups is 1. The van der Waals surface area contributed by atoms with Gasteiger partial charge in [-0.2, -0.15) is 16.4 Å². The van der Waals surface area contributed by atoms with Crippen LogP contribution in [0.25, 0.3) is 0 Å². The molecule has 1 aliphatic carbocycles. The Morgan fingerprint density at radius 2 is 2.35 bits per heavy atom. The Morgan fingerprint density at radius 1 is 1.50 bits per heavy atom. The van der Waals surface area contributed by atoms with Crippen molar-refractivity contribution in [1.82, 2.24) is 10.2 Å². The van der Waals surface area contributed by atoms with Crippen molar-refractivity contribution in [2.24, 2.45) is 10.9 Å². The zero-order valence-corrected chi connectivity index (χ0v) is 11.6. The van der Waals surface area contributed by atoms with Gasteiger partial charge in [-0.1, -0.05) is 5.16 Å². The maximum absolute atomic E-state index is 8.90. The molecule has 0 bridgehead atoms. The van der Waals surface area contributed by atoms with E-state index in [9.17, 15) is 0 Å². The highest BCUT2D eigenvalue weighted by atomic mass is 32.1. The molecule has 3 rings (SSSR count). The van der Waals surface area contributed by atoms with Gasteiger partial charge in [-0.15, -0.1) is 5.10 Å². The van der Waals surface area contributed by atoms with E-state index in [0.29, 0.717) is 17.4 Å². The summed E-state index contributed by atoms with van der Waals surface area (Å²) in [5, 5.41) is 24.3. The normalized spacial score (nSPS) is 15.3. The average Bonchev–Trinajstić information content (AvgIpc) is 3.20. The van der Waals surface area contributed by atoms with Crippen molar-refractivity contribution in [3.63, 3.8) is 0 Å². The highest BCUT2D eigenvalue weighted by Crippen LogP contribution is 2.33. The SMILES string of the molecule is N/C(=N/O)c1ccnnc1N(Cc1ccsc1)C1CC1. The van der Waals surface area contributed by atoms with E-state index in [1.165, 1.54) is 5.56 Å². The number of oxime groups is 1. The third-order valence-corrected chi connectivity index (χ3v) is 4.01. The van der Waals surface area contributed by atoms with Gasteiger partial charge in [0, 0.05) is 12.6 Å². The van der Waals surface area contributed by atoms with Crippen LogP contribution in [-0.2, 0) is 6.54 Å². The van der Waals surface area contributed by atoms with E-state index in [1.54, 1.807) is 23.6 Å². The molecule has 6 nitrogen and oxygen atoms in total. The maximum Gasteiger partial charge on any atom is 0.173 e. The quantitative estimate of drug-likeness (QED) is 0.379. The average molecular weight is 289 g/mol. The molecule has 104 valence electrons. The molecule has 0 aromatic carbocycles. The molecule has 2 aromatic rings. The maximum atomic E-state index is 8.90. The van der Waals surface area contributed by atoms with Crippen molar-refractivity contribution in [3.8, 4) is 0 Å². The van der Waals surface area contributed by atoms with Gasteiger partial charge in [-0.05, 0) is 41.3 Å². The van der Waals surface area contributed by atoms with Gasteiger partial charge < -0.3 is 15.8 Å². The van der Waals surface area contributed by atoms with Crippen LogP contribution in [0.2, 0.25) is 0 Å². The van der Waals surface area contributed by atoms with E-state index in [2.05, 4.69) is 37.1 Å².